The molecule has 2 aromatic rings. The molecule has 0 aliphatic carbocycles. The smallest absolute Gasteiger partial charge is 0.248 e. The molecule has 0 radical (unpaired) electrons. The maximum absolute atomic E-state index is 14.2. The summed E-state index contributed by atoms with van der Waals surface area (Å²) in [4.78, 5) is 18.3. The summed E-state index contributed by atoms with van der Waals surface area (Å²) >= 11 is 6.11. The topological polar surface area (TPSA) is 58.7 Å². The average Bonchev–Trinajstić information content (AvgIpc) is 2.66. The van der Waals surface area contributed by atoms with Crippen LogP contribution in [-0.2, 0) is 4.79 Å². The van der Waals surface area contributed by atoms with Crippen LogP contribution in [0.2, 0.25) is 5.02 Å². The van der Waals surface area contributed by atoms with Gasteiger partial charge in [0.05, 0.1) is 11.4 Å². The molecule has 118 valence electrons. The van der Waals surface area contributed by atoms with Crippen molar-refractivity contribution in [1.82, 2.24) is 0 Å². The highest BCUT2D eigenvalue weighted by Gasteiger charge is 2.25. The van der Waals surface area contributed by atoms with E-state index in [1.165, 1.54) is 6.07 Å². The van der Waals surface area contributed by atoms with Crippen LogP contribution in [0.5, 0.6) is 0 Å². The Balaban J connectivity index is 2.22. The molecule has 0 fully saturated rings. The SMILES string of the molecule is NCCN1C(=O)CN=C(c2ccccc2F)c2cc(Cl)ccc21. The van der Waals surface area contributed by atoms with Crippen molar-refractivity contribution in [2.24, 2.45) is 10.7 Å². The van der Waals surface area contributed by atoms with Crippen LogP contribution in [0.1, 0.15) is 11.1 Å². The molecule has 0 atom stereocenters. The van der Waals surface area contributed by atoms with E-state index >= 15 is 0 Å². The third kappa shape index (κ3) is 2.98. The highest BCUT2D eigenvalue weighted by atomic mass is 35.5. The predicted molar refractivity (Wildman–Crippen MR) is 89.8 cm³/mol. The highest BCUT2D eigenvalue weighted by Crippen LogP contribution is 2.30. The van der Waals surface area contributed by atoms with Gasteiger partial charge in [-0.2, -0.15) is 0 Å². The van der Waals surface area contributed by atoms with E-state index in [9.17, 15) is 9.18 Å². The molecule has 0 unspecified atom stereocenters. The number of hydrogen-bond acceptors (Lipinski definition) is 3. The van der Waals surface area contributed by atoms with E-state index in [-0.39, 0.29) is 12.5 Å². The first-order valence-electron chi connectivity index (χ1n) is 7.21. The summed E-state index contributed by atoms with van der Waals surface area (Å²) in [6.07, 6.45) is 0. The van der Waals surface area contributed by atoms with Gasteiger partial charge in [0.15, 0.2) is 0 Å². The molecular formula is C17H15ClFN3O. The molecule has 2 aromatic carbocycles. The van der Waals surface area contributed by atoms with E-state index in [1.54, 1.807) is 41.3 Å². The van der Waals surface area contributed by atoms with E-state index in [2.05, 4.69) is 4.99 Å². The first-order chi connectivity index (χ1) is 11.1. The molecule has 4 nitrogen and oxygen atoms in total. The number of hydrogen-bond donors (Lipinski definition) is 1. The summed E-state index contributed by atoms with van der Waals surface area (Å²) in [5, 5.41) is 0.495. The number of carbonyl (C=O) groups excluding carboxylic acids is 1. The Morgan fingerprint density at radius 1 is 1.22 bits per heavy atom. The lowest BCUT2D eigenvalue weighted by Gasteiger charge is -2.22. The summed E-state index contributed by atoms with van der Waals surface area (Å²) < 4.78 is 14.2. The summed E-state index contributed by atoms with van der Waals surface area (Å²) in [6.45, 7) is 0.631. The minimum atomic E-state index is -0.392. The fourth-order valence-corrected chi connectivity index (χ4v) is 2.81. The normalized spacial score (nSPS) is 14.3. The molecule has 6 heteroatoms. The number of halogens is 2. The van der Waals surface area contributed by atoms with Crippen LogP contribution in [0.15, 0.2) is 47.5 Å². The van der Waals surface area contributed by atoms with Crippen LogP contribution >= 0.6 is 11.6 Å². The van der Waals surface area contributed by atoms with Crippen molar-refractivity contribution in [2.75, 3.05) is 24.5 Å². The number of benzene rings is 2. The number of fused-ring (bicyclic) bond motifs is 1. The minimum Gasteiger partial charge on any atom is -0.329 e. The fraction of sp³-hybridized carbons (Fsp3) is 0.176. The van der Waals surface area contributed by atoms with Crippen LogP contribution in [0.4, 0.5) is 10.1 Å². The molecule has 0 spiro atoms. The fourth-order valence-electron chi connectivity index (χ4n) is 2.64. The van der Waals surface area contributed by atoms with Gasteiger partial charge >= 0.3 is 0 Å². The van der Waals surface area contributed by atoms with Gasteiger partial charge in [0, 0.05) is 29.2 Å². The van der Waals surface area contributed by atoms with Crippen molar-refractivity contribution in [3.63, 3.8) is 0 Å². The molecule has 0 saturated heterocycles. The van der Waals surface area contributed by atoms with Gasteiger partial charge < -0.3 is 10.6 Å². The molecule has 0 aromatic heterocycles. The van der Waals surface area contributed by atoms with Gasteiger partial charge in [-0.3, -0.25) is 9.79 Å². The lowest BCUT2D eigenvalue weighted by atomic mass is 9.99. The quantitative estimate of drug-likeness (QED) is 0.940. The summed E-state index contributed by atoms with van der Waals surface area (Å²) in [5.74, 6) is -0.567. The van der Waals surface area contributed by atoms with Gasteiger partial charge in [-0.05, 0) is 30.3 Å². The number of benzodiazepines with no additional fused rings is 1. The average molecular weight is 332 g/mol. The largest absolute Gasteiger partial charge is 0.329 e. The minimum absolute atomic E-state index is 0.0596. The van der Waals surface area contributed by atoms with Crippen molar-refractivity contribution >= 4 is 28.9 Å². The number of amides is 1. The third-order valence-electron chi connectivity index (χ3n) is 3.66. The van der Waals surface area contributed by atoms with Crippen LogP contribution in [0.25, 0.3) is 0 Å². The Bertz CT molecular complexity index is 791. The lowest BCUT2D eigenvalue weighted by molar-refractivity contribution is -0.117. The Morgan fingerprint density at radius 3 is 2.74 bits per heavy atom. The van der Waals surface area contributed by atoms with Gasteiger partial charge in [0.25, 0.3) is 0 Å². The second-order valence-corrected chi connectivity index (χ2v) is 5.58. The second-order valence-electron chi connectivity index (χ2n) is 5.14. The number of aliphatic imine (C=N–C) groups is 1. The van der Waals surface area contributed by atoms with Crippen molar-refractivity contribution in [3.8, 4) is 0 Å². The number of anilines is 1. The van der Waals surface area contributed by atoms with E-state index in [1.807, 2.05) is 0 Å². The Hall–Kier alpha value is -2.24. The standard InChI is InChI=1S/C17H15ClFN3O/c18-11-5-6-15-13(9-11)17(12-3-1-2-4-14(12)19)21-10-16(23)22(15)8-7-20/h1-6,9H,7-8,10,20H2. The monoisotopic (exact) mass is 331 g/mol. The molecule has 0 saturated carbocycles. The maximum Gasteiger partial charge on any atom is 0.248 e. The predicted octanol–water partition coefficient (Wildman–Crippen LogP) is 2.62. The van der Waals surface area contributed by atoms with Crippen molar-refractivity contribution in [1.29, 1.82) is 0 Å². The van der Waals surface area contributed by atoms with E-state index in [4.69, 9.17) is 17.3 Å². The van der Waals surface area contributed by atoms with Crippen LogP contribution in [0, 0.1) is 5.82 Å². The molecule has 23 heavy (non-hydrogen) atoms. The molecule has 3 rings (SSSR count). The zero-order valence-corrected chi connectivity index (χ0v) is 13.1. The number of nitrogens with zero attached hydrogens (tertiary/aromatic N) is 2. The van der Waals surface area contributed by atoms with Crippen molar-refractivity contribution in [2.45, 2.75) is 0 Å². The second kappa shape index (κ2) is 6.48. The molecular weight excluding hydrogens is 317 g/mol. The number of nitrogens with two attached hydrogens (primary N) is 1. The van der Waals surface area contributed by atoms with Crippen molar-refractivity contribution in [3.05, 3.63) is 64.4 Å². The van der Waals surface area contributed by atoms with Crippen LogP contribution in [-0.4, -0.2) is 31.3 Å². The van der Waals surface area contributed by atoms with Gasteiger partial charge in [0.2, 0.25) is 5.91 Å². The van der Waals surface area contributed by atoms with Gasteiger partial charge in [0.1, 0.15) is 12.4 Å². The Labute approximate surface area is 138 Å². The molecule has 1 aliphatic rings. The van der Waals surface area contributed by atoms with Gasteiger partial charge in [-0.15, -0.1) is 0 Å². The highest BCUT2D eigenvalue weighted by molar-refractivity contribution is 6.32. The number of rotatable bonds is 3. The Morgan fingerprint density at radius 2 is 2.00 bits per heavy atom. The van der Waals surface area contributed by atoms with Crippen LogP contribution < -0.4 is 10.6 Å². The first-order valence-corrected chi connectivity index (χ1v) is 7.59. The summed E-state index contributed by atoms with van der Waals surface area (Å²) in [5.41, 5.74) is 7.65. The maximum atomic E-state index is 14.2. The molecule has 0 bridgehead atoms. The molecule has 1 amide bonds. The zero-order chi connectivity index (χ0) is 16.4. The zero-order valence-electron chi connectivity index (χ0n) is 12.3. The number of carbonyl (C=O) groups is 1. The lowest BCUT2D eigenvalue weighted by Crippen LogP contribution is -2.36. The molecule has 2 N–H and O–H groups in total. The van der Waals surface area contributed by atoms with Gasteiger partial charge in [-0.25, -0.2) is 4.39 Å². The van der Waals surface area contributed by atoms with E-state index in [0.29, 0.717) is 40.6 Å². The van der Waals surface area contributed by atoms with E-state index in [0.717, 1.165) is 0 Å². The van der Waals surface area contributed by atoms with Crippen molar-refractivity contribution < 1.29 is 9.18 Å². The molecule has 1 heterocycles. The first kappa shape index (κ1) is 15.6. The van der Waals surface area contributed by atoms with E-state index < -0.39 is 5.82 Å². The van der Waals surface area contributed by atoms with Gasteiger partial charge in [-0.1, -0.05) is 23.7 Å². The summed E-state index contributed by atoms with van der Waals surface area (Å²) in [6, 6.07) is 11.5. The molecule has 1 aliphatic heterocycles. The summed E-state index contributed by atoms with van der Waals surface area (Å²) in [7, 11) is 0. The third-order valence-corrected chi connectivity index (χ3v) is 3.89. The Kier molecular flexibility index (Phi) is 4.41. The van der Waals surface area contributed by atoms with Crippen LogP contribution in [0.3, 0.4) is 0 Å².